The third kappa shape index (κ3) is 13.3. The first-order valence-electron chi connectivity index (χ1n) is 12.8. The van der Waals surface area contributed by atoms with Crippen molar-refractivity contribution in [3.8, 4) is 0 Å². The van der Waals surface area contributed by atoms with Gasteiger partial charge in [0.2, 0.25) is 11.8 Å². The van der Waals surface area contributed by atoms with Gasteiger partial charge in [0.15, 0.2) is 23.4 Å². The Kier molecular flexibility index (Phi) is 13.0. The van der Waals surface area contributed by atoms with Gasteiger partial charge in [0.1, 0.15) is 5.54 Å². The summed E-state index contributed by atoms with van der Waals surface area (Å²) in [5.41, 5.74) is 28.1. The van der Waals surface area contributed by atoms with E-state index in [2.05, 4.69) is 30.3 Å². The number of carbonyl (C=O) groups is 3. The first-order chi connectivity index (χ1) is 19.4. The number of benzene rings is 2. The lowest BCUT2D eigenvalue weighted by Crippen LogP contribution is -2.51. The number of nitrogen functional groups attached to an aromatic ring is 1. The monoisotopic (exact) mass is 582 g/mol. The smallest absolute Gasteiger partial charge is 0.340 e. The number of hydrogen-bond acceptors (Lipinski definition) is 8. The molecule has 0 unspecified atom stereocenters. The van der Waals surface area contributed by atoms with Gasteiger partial charge < -0.3 is 44.0 Å². The molecule has 0 aliphatic carbocycles. The van der Waals surface area contributed by atoms with E-state index in [1.807, 2.05) is 36.4 Å². The molecule has 0 saturated heterocycles. The van der Waals surface area contributed by atoms with E-state index in [1.165, 1.54) is 6.92 Å². The number of aliphatic imine (C=N–C) groups is 3. The maximum Gasteiger partial charge on any atom is 0.340 e. The van der Waals surface area contributed by atoms with Crippen molar-refractivity contribution < 1.29 is 19.1 Å². The van der Waals surface area contributed by atoms with E-state index in [0.717, 1.165) is 16.8 Å². The van der Waals surface area contributed by atoms with Crippen LogP contribution in [-0.2, 0) is 32.2 Å². The summed E-state index contributed by atoms with van der Waals surface area (Å²) in [6.07, 6.45) is 0. The Morgan fingerprint density at radius 3 is 1.69 bits per heavy atom. The zero-order valence-electron chi connectivity index (χ0n) is 24.9. The Balaban J connectivity index is 0.000000351. The molecule has 0 aromatic heterocycles. The number of rotatable bonds is 7. The molecule has 1 aliphatic rings. The SMILES string of the molecule is CC(=O)NC(C)(C)C(=O)Nc1ccc(CN=C(N)N)cc1.CC1=NC(C)(C)C(=O)O1.NC(N)=NCc1ccc(N)cc1. The van der Waals surface area contributed by atoms with Crippen molar-refractivity contribution in [1.29, 1.82) is 0 Å². The molecule has 0 spiro atoms. The van der Waals surface area contributed by atoms with Gasteiger partial charge in [-0.25, -0.2) is 19.8 Å². The maximum atomic E-state index is 12.1. The van der Waals surface area contributed by atoms with Gasteiger partial charge in [-0.05, 0) is 63.1 Å². The summed E-state index contributed by atoms with van der Waals surface area (Å²) in [6, 6.07) is 14.5. The number of nitrogens with one attached hydrogen (secondary N) is 2. The number of carbonyl (C=O) groups excluding carboxylic acids is 3. The van der Waals surface area contributed by atoms with Crippen molar-refractivity contribution in [3.05, 3.63) is 59.7 Å². The van der Waals surface area contributed by atoms with Gasteiger partial charge in [0.05, 0.1) is 13.1 Å². The maximum absolute atomic E-state index is 12.1. The van der Waals surface area contributed by atoms with Gasteiger partial charge in [0, 0.05) is 25.2 Å². The Hall–Kier alpha value is -5.14. The quantitative estimate of drug-likeness (QED) is 0.107. The average Bonchev–Trinajstić information content (AvgIpc) is 3.11. The molecule has 3 rings (SSSR count). The van der Waals surface area contributed by atoms with Crippen LogP contribution in [0.15, 0.2) is 63.5 Å². The fourth-order valence-corrected chi connectivity index (χ4v) is 3.19. The van der Waals surface area contributed by atoms with Crippen molar-refractivity contribution in [3.63, 3.8) is 0 Å². The van der Waals surface area contributed by atoms with Crippen LogP contribution >= 0.6 is 0 Å². The number of hydrogen-bond donors (Lipinski definition) is 7. The number of guanidine groups is 2. The highest BCUT2D eigenvalue weighted by atomic mass is 16.6. The summed E-state index contributed by atoms with van der Waals surface area (Å²) in [7, 11) is 0. The van der Waals surface area contributed by atoms with Crippen LogP contribution < -0.4 is 39.3 Å². The van der Waals surface area contributed by atoms with Crippen LogP contribution in [0.4, 0.5) is 11.4 Å². The predicted octanol–water partition coefficient (Wildman–Crippen LogP) is 1.10. The van der Waals surface area contributed by atoms with Crippen LogP contribution in [0.3, 0.4) is 0 Å². The Morgan fingerprint density at radius 1 is 0.905 bits per heavy atom. The van der Waals surface area contributed by atoms with Gasteiger partial charge in [-0.2, -0.15) is 0 Å². The molecule has 14 heteroatoms. The topological polar surface area (TPSA) is 252 Å². The molecule has 12 N–H and O–H groups in total. The first-order valence-corrected chi connectivity index (χ1v) is 12.8. The fraction of sp³-hybridized carbons (Fsp3) is 0.357. The van der Waals surface area contributed by atoms with Gasteiger partial charge >= 0.3 is 5.97 Å². The lowest BCUT2D eigenvalue weighted by molar-refractivity contribution is -0.137. The fourth-order valence-electron chi connectivity index (χ4n) is 3.19. The number of esters is 1. The van der Waals surface area contributed by atoms with Crippen LogP contribution in [0.1, 0.15) is 52.7 Å². The van der Waals surface area contributed by atoms with E-state index in [9.17, 15) is 14.4 Å². The Morgan fingerprint density at radius 2 is 1.36 bits per heavy atom. The van der Waals surface area contributed by atoms with E-state index in [1.54, 1.807) is 46.8 Å². The molecule has 42 heavy (non-hydrogen) atoms. The zero-order valence-corrected chi connectivity index (χ0v) is 24.9. The third-order valence-electron chi connectivity index (χ3n) is 5.31. The van der Waals surface area contributed by atoms with Crippen LogP contribution in [0.5, 0.6) is 0 Å². The van der Waals surface area contributed by atoms with E-state index < -0.39 is 11.1 Å². The number of nitrogens with two attached hydrogens (primary N) is 5. The molecule has 2 aromatic rings. The van der Waals surface area contributed by atoms with Gasteiger partial charge in [-0.3, -0.25) is 9.59 Å². The molecule has 1 aliphatic heterocycles. The second-order valence-electron chi connectivity index (χ2n) is 10.3. The molecule has 0 radical (unpaired) electrons. The minimum Gasteiger partial charge on any atom is -0.410 e. The summed E-state index contributed by atoms with van der Waals surface area (Å²) in [5, 5.41) is 5.33. The standard InChI is InChI=1S/C14H21N5O2.C8H12N4.C6H9NO2/c1-9(20)19-14(2,3)12(21)18-11-6-4-10(5-7-11)8-17-13(15)16;9-7-3-1-6(2-4-7)5-12-8(10)11;1-4-7-6(2,3)5(8)9-4/h4-7H,8H2,1-3H3,(H,18,21)(H,19,20)(H4,15,16,17);1-4H,5,9H2,(H4,10,11,12);1-3H3. The van der Waals surface area contributed by atoms with E-state index in [4.69, 9.17) is 28.7 Å². The minimum absolute atomic E-state index is 0.0319. The summed E-state index contributed by atoms with van der Waals surface area (Å²) in [5.74, 6) is -0.223. The summed E-state index contributed by atoms with van der Waals surface area (Å²) in [4.78, 5) is 45.6. The molecule has 14 nitrogen and oxygen atoms in total. The normalized spacial score (nSPS) is 13.0. The number of cyclic esters (lactones) is 1. The molecule has 0 saturated carbocycles. The molecular weight excluding hydrogens is 540 g/mol. The molecule has 0 bridgehead atoms. The van der Waals surface area contributed by atoms with Crippen LogP contribution in [0.2, 0.25) is 0 Å². The highest BCUT2D eigenvalue weighted by Crippen LogP contribution is 2.18. The second kappa shape index (κ2) is 15.6. The average molecular weight is 583 g/mol. The lowest BCUT2D eigenvalue weighted by Gasteiger charge is -2.24. The summed E-state index contributed by atoms with van der Waals surface area (Å²) >= 11 is 0. The third-order valence-corrected chi connectivity index (χ3v) is 5.31. The molecule has 1 heterocycles. The lowest BCUT2D eigenvalue weighted by atomic mass is 10.0. The Bertz CT molecular complexity index is 1310. The summed E-state index contributed by atoms with van der Waals surface area (Å²) in [6.45, 7) is 10.7. The van der Waals surface area contributed by atoms with Crippen LogP contribution in [0.25, 0.3) is 0 Å². The van der Waals surface area contributed by atoms with Crippen LogP contribution in [-0.4, -0.2) is 46.7 Å². The number of ether oxygens (including phenoxy) is 1. The van der Waals surface area contributed by atoms with Crippen molar-refractivity contribution in [2.24, 2.45) is 37.9 Å². The molecule has 228 valence electrons. The second-order valence-corrected chi connectivity index (χ2v) is 10.3. The van der Waals surface area contributed by atoms with Crippen LogP contribution in [0, 0.1) is 0 Å². The highest BCUT2D eigenvalue weighted by molar-refractivity contribution is 6.00. The molecular formula is C28H42N10O4. The van der Waals surface area contributed by atoms with E-state index in [0.29, 0.717) is 24.7 Å². The highest BCUT2D eigenvalue weighted by Gasteiger charge is 2.35. The molecule has 0 fully saturated rings. The van der Waals surface area contributed by atoms with Crippen molar-refractivity contribution in [2.45, 2.75) is 65.7 Å². The minimum atomic E-state index is -0.983. The number of anilines is 2. The summed E-state index contributed by atoms with van der Waals surface area (Å²) < 4.78 is 4.69. The van der Waals surface area contributed by atoms with Gasteiger partial charge in [-0.1, -0.05) is 24.3 Å². The van der Waals surface area contributed by atoms with Gasteiger partial charge in [-0.15, -0.1) is 0 Å². The Labute approximate surface area is 245 Å². The largest absolute Gasteiger partial charge is 0.410 e. The van der Waals surface area contributed by atoms with Crippen molar-refractivity contribution in [2.75, 3.05) is 11.1 Å². The van der Waals surface area contributed by atoms with E-state index in [-0.39, 0.29) is 29.7 Å². The van der Waals surface area contributed by atoms with Crippen molar-refractivity contribution in [1.82, 2.24) is 5.32 Å². The first kappa shape index (κ1) is 34.9. The van der Waals surface area contributed by atoms with E-state index >= 15 is 0 Å². The number of nitrogens with zero attached hydrogens (tertiary/aromatic N) is 3. The molecule has 0 atom stereocenters. The predicted molar refractivity (Wildman–Crippen MR) is 166 cm³/mol. The number of amides is 2. The molecule has 2 amide bonds. The van der Waals surface area contributed by atoms with Gasteiger partial charge in [0.25, 0.3) is 0 Å². The van der Waals surface area contributed by atoms with Crippen molar-refractivity contribution >= 4 is 47.0 Å². The zero-order chi connectivity index (χ0) is 32.1. The molecule has 2 aromatic carbocycles.